The van der Waals surface area contributed by atoms with Crippen LogP contribution in [-0.4, -0.2) is 51.2 Å². The van der Waals surface area contributed by atoms with E-state index < -0.39 is 0 Å². The lowest BCUT2D eigenvalue weighted by atomic mass is 10.1. The van der Waals surface area contributed by atoms with E-state index >= 15 is 0 Å². The molecule has 1 saturated heterocycles. The molecule has 0 unspecified atom stereocenters. The molecule has 0 saturated carbocycles. The van der Waals surface area contributed by atoms with Crippen LogP contribution in [0.3, 0.4) is 0 Å². The Balaban J connectivity index is 1.39. The molecule has 1 aliphatic heterocycles. The molecule has 1 fully saturated rings. The number of hydrogen-bond acceptors (Lipinski definition) is 7. The first-order valence-electron chi connectivity index (χ1n) is 10.3. The van der Waals surface area contributed by atoms with Crippen molar-refractivity contribution < 1.29 is 4.42 Å². The van der Waals surface area contributed by atoms with Gasteiger partial charge in [-0.25, -0.2) is 9.97 Å². The van der Waals surface area contributed by atoms with Gasteiger partial charge in [-0.2, -0.15) is 0 Å². The molecule has 0 spiro atoms. The minimum Gasteiger partial charge on any atom is -0.424 e. The summed E-state index contributed by atoms with van der Waals surface area (Å²) in [5.74, 6) is 3.69. The fourth-order valence-corrected chi connectivity index (χ4v) is 3.61. The summed E-state index contributed by atoms with van der Waals surface area (Å²) in [6, 6.07) is 12.2. The van der Waals surface area contributed by atoms with Crippen LogP contribution in [0.2, 0.25) is 0 Å². The molecule has 0 N–H and O–H groups in total. The fraction of sp³-hybridized carbons (Fsp3) is 0.455. The normalized spacial score (nSPS) is 16.3. The Morgan fingerprint density at radius 3 is 2.45 bits per heavy atom. The maximum atomic E-state index is 5.89. The van der Waals surface area contributed by atoms with E-state index in [1.807, 2.05) is 42.6 Å². The summed E-state index contributed by atoms with van der Waals surface area (Å²) in [7, 11) is 0. The van der Waals surface area contributed by atoms with E-state index in [0.29, 0.717) is 11.8 Å². The van der Waals surface area contributed by atoms with Gasteiger partial charge in [0.2, 0.25) is 11.8 Å². The highest BCUT2D eigenvalue weighted by Crippen LogP contribution is 2.24. The second-order valence-corrected chi connectivity index (χ2v) is 7.94. The monoisotopic (exact) mass is 392 g/mol. The quantitative estimate of drug-likeness (QED) is 0.634. The molecule has 4 rings (SSSR count). The van der Waals surface area contributed by atoms with Crippen molar-refractivity contribution in [1.82, 2.24) is 25.1 Å². The molecule has 29 heavy (non-hydrogen) atoms. The van der Waals surface area contributed by atoms with E-state index in [-0.39, 0.29) is 6.04 Å². The highest BCUT2D eigenvalue weighted by molar-refractivity contribution is 5.57. The van der Waals surface area contributed by atoms with Gasteiger partial charge < -0.3 is 9.32 Å². The summed E-state index contributed by atoms with van der Waals surface area (Å²) in [5.41, 5.74) is 1.04. The molecule has 1 aromatic carbocycles. The Morgan fingerprint density at radius 1 is 0.966 bits per heavy atom. The highest BCUT2D eigenvalue weighted by Gasteiger charge is 2.26. The molecule has 3 heterocycles. The Morgan fingerprint density at radius 2 is 1.72 bits per heavy atom. The van der Waals surface area contributed by atoms with Gasteiger partial charge >= 0.3 is 0 Å². The van der Waals surface area contributed by atoms with Crippen molar-refractivity contribution in [3.8, 4) is 11.4 Å². The molecule has 1 atom stereocenters. The first-order chi connectivity index (χ1) is 14.1. The van der Waals surface area contributed by atoms with Crippen LogP contribution in [0.4, 0.5) is 5.82 Å². The number of rotatable bonds is 6. The van der Waals surface area contributed by atoms with Crippen LogP contribution < -0.4 is 4.90 Å². The minimum atomic E-state index is 0.121. The van der Waals surface area contributed by atoms with E-state index in [0.717, 1.165) is 55.7 Å². The molecule has 0 aliphatic carbocycles. The van der Waals surface area contributed by atoms with E-state index in [2.05, 4.69) is 45.8 Å². The first kappa shape index (κ1) is 19.5. The molecule has 0 amide bonds. The smallest absolute Gasteiger partial charge is 0.233 e. The lowest BCUT2D eigenvalue weighted by Gasteiger charge is -2.37. The Kier molecular flexibility index (Phi) is 5.85. The summed E-state index contributed by atoms with van der Waals surface area (Å²) >= 11 is 0. The zero-order valence-electron chi connectivity index (χ0n) is 17.3. The molecular formula is C22H28N6O. The van der Waals surface area contributed by atoms with Gasteiger partial charge in [-0.3, -0.25) is 4.90 Å². The van der Waals surface area contributed by atoms with E-state index in [1.165, 1.54) is 0 Å². The molecule has 0 radical (unpaired) electrons. The maximum absolute atomic E-state index is 5.89. The van der Waals surface area contributed by atoms with Gasteiger partial charge in [0, 0.05) is 44.4 Å². The van der Waals surface area contributed by atoms with Crippen LogP contribution in [0.5, 0.6) is 0 Å². The van der Waals surface area contributed by atoms with Crippen molar-refractivity contribution in [1.29, 1.82) is 0 Å². The number of aromatic nitrogens is 4. The van der Waals surface area contributed by atoms with Crippen LogP contribution in [0.1, 0.15) is 38.6 Å². The van der Waals surface area contributed by atoms with Crippen molar-refractivity contribution in [3.05, 3.63) is 54.4 Å². The Labute approximate surface area is 171 Å². The molecule has 152 valence electrons. The predicted molar refractivity (Wildman–Crippen MR) is 113 cm³/mol. The Hall–Kier alpha value is -2.80. The van der Waals surface area contributed by atoms with Crippen LogP contribution >= 0.6 is 0 Å². The maximum Gasteiger partial charge on any atom is 0.233 e. The average molecular weight is 393 g/mol. The minimum absolute atomic E-state index is 0.121. The van der Waals surface area contributed by atoms with Crippen molar-refractivity contribution >= 4 is 5.82 Å². The molecule has 7 nitrogen and oxygen atoms in total. The van der Waals surface area contributed by atoms with Gasteiger partial charge in [-0.1, -0.05) is 44.2 Å². The number of nitrogens with zero attached hydrogens (tertiary/aromatic N) is 6. The van der Waals surface area contributed by atoms with Crippen molar-refractivity contribution in [2.24, 2.45) is 5.92 Å². The van der Waals surface area contributed by atoms with Gasteiger partial charge in [0.1, 0.15) is 5.82 Å². The topological polar surface area (TPSA) is 71.2 Å². The lowest BCUT2D eigenvalue weighted by molar-refractivity contribution is 0.170. The molecule has 7 heteroatoms. The molecular weight excluding hydrogens is 364 g/mol. The third-order valence-electron chi connectivity index (χ3n) is 5.28. The van der Waals surface area contributed by atoms with Crippen molar-refractivity contribution in [2.45, 2.75) is 33.2 Å². The van der Waals surface area contributed by atoms with Gasteiger partial charge in [-0.15, -0.1) is 10.2 Å². The summed E-state index contributed by atoms with van der Waals surface area (Å²) in [6.45, 7) is 10.1. The first-order valence-corrected chi connectivity index (χ1v) is 10.3. The van der Waals surface area contributed by atoms with Gasteiger partial charge in [0.15, 0.2) is 5.82 Å². The average Bonchev–Trinajstić information content (AvgIpc) is 3.22. The SMILES string of the molecule is CC(C)Cc1nnc([C@@H](C)N2CCN(c3ccnc(-c4ccccc4)n3)CC2)o1. The largest absolute Gasteiger partial charge is 0.424 e. The molecule has 2 aromatic heterocycles. The molecule has 1 aliphatic rings. The van der Waals surface area contributed by atoms with Crippen LogP contribution in [-0.2, 0) is 6.42 Å². The lowest BCUT2D eigenvalue weighted by Crippen LogP contribution is -2.47. The summed E-state index contributed by atoms with van der Waals surface area (Å²) in [4.78, 5) is 13.9. The van der Waals surface area contributed by atoms with Gasteiger partial charge in [0.05, 0.1) is 6.04 Å². The van der Waals surface area contributed by atoms with Crippen LogP contribution in [0.25, 0.3) is 11.4 Å². The van der Waals surface area contributed by atoms with E-state index in [1.54, 1.807) is 0 Å². The molecule has 0 bridgehead atoms. The van der Waals surface area contributed by atoms with E-state index in [9.17, 15) is 0 Å². The van der Waals surface area contributed by atoms with E-state index in [4.69, 9.17) is 9.40 Å². The van der Waals surface area contributed by atoms with Gasteiger partial charge in [0.25, 0.3) is 0 Å². The summed E-state index contributed by atoms with van der Waals surface area (Å²) in [5, 5.41) is 8.48. The van der Waals surface area contributed by atoms with Crippen molar-refractivity contribution in [2.75, 3.05) is 31.1 Å². The second kappa shape index (κ2) is 8.69. The summed E-state index contributed by atoms with van der Waals surface area (Å²) < 4.78 is 5.89. The fourth-order valence-electron chi connectivity index (χ4n) is 3.61. The number of hydrogen-bond donors (Lipinski definition) is 0. The van der Waals surface area contributed by atoms with Crippen LogP contribution in [0.15, 0.2) is 47.0 Å². The predicted octanol–water partition coefficient (Wildman–Crippen LogP) is 3.61. The Bertz CT molecular complexity index is 918. The number of piperazine rings is 1. The number of benzene rings is 1. The third kappa shape index (κ3) is 4.62. The number of anilines is 1. The highest BCUT2D eigenvalue weighted by atomic mass is 16.4. The summed E-state index contributed by atoms with van der Waals surface area (Å²) in [6.07, 6.45) is 2.67. The molecule has 3 aromatic rings. The zero-order chi connectivity index (χ0) is 20.2. The third-order valence-corrected chi connectivity index (χ3v) is 5.28. The zero-order valence-corrected chi connectivity index (χ0v) is 17.3. The van der Waals surface area contributed by atoms with Gasteiger partial charge in [-0.05, 0) is 18.9 Å². The van der Waals surface area contributed by atoms with Crippen molar-refractivity contribution in [3.63, 3.8) is 0 Å². The standard InChI is InChI=1S/C22H28N6O/c1-16(2)15-20-25-26-22(29-20)17(3)27-11-13-28(14-12-27)19-9-10-23-21(24-19)18-7-5-4-6-8-18/h4-10,16-17H,11-15H2,1-3H3/t17-/m1/s1. The van der Waals surface area contributed by atoms with Crippen LogP contribution in [0, 0.1) is 5.92 Å². The second-order valence-electron chi connectivity index (χ2n) is 7.94.